The van der Waals surface area contributed by atoms with Crippen molar-refractivity contribution in [2.45, 2.75) is 33.7 Å². The monoisotopic (exact) mass is 269 g/mol. The smallest absolute Gasteiger partial charge is 0.261 e. The number of benzene rings is 1. The summed E-state index contributed by atoms with van der Waals surface area (Å²) < 4.78 is 1.68. The molecule has 0 aliphatic rings. The SMILES string of the molecule is Cc1ccc(-c2ccc(C=O)c(=O)n2C(C)C)c(C)c1. The van der Waals surface area contributed by atoms with E-state index in [0.29, 0.717) is 6.29 Å². The van der Waals surface area contributed by atoms with Gasteiger partial charge in [0.2, 0.25) is 0 Å². The molecule has 1 aromatic carbocycles. The highest BCUT2D eigenvalue weighted by Gasteiger charge is 2.14. The number of rotatable bonds is 3. The van der Waals surface area contributed by atoms with Crippen LogP contribution in [0.1, 0.15) is 41.4 Å². The Morgan fingerprint density at radius 2 is 1.80 bits per heavy atom. The van der Waals surface area contributed by atoms with E-state index in [-0.39, 0.29) is 17.2 Å². The summed E-state index contributed by atoms with van der Waals surface area (Å²) in [6.45, 7) is 7.97. The van der Waals surface area contributed by atoms with E-state index in [1.807, 2.05) is 45.9 Å². The predicted molar refractivity (Wildman–Crippen MR) is 81.4 cm³/mol. The molecule has 1 aromatic heterocycles. The number of carbonyl (C=O) groups excluding carboxylic acids is 1. The van der Waals surface area contributed by atoms with Gasteiger partial charge in [0.05, 0.1) is 11.3 Å². The largest absolute Gasteiger partial charge is 0.305 e. The summed E-state index contributed by atoms with van der Waals surface area (Å²) in [6.07, 6.45) is 0.618. The van der Waals surface area contributed by atoms with Crippen molar-refractivity contribution in [3.63, 3.8) is 0 Å². The second-order valence-corrected chi connectivity index (χ2v) is 5.38. The molecular weight excluding hydrogens is 250 g/mol. The molecule has 20 heavy (non-hydrogen) atoms. The molecule has 0 atom stereocenters. The number of aryl methyl sites for hydroxylation is 2. The van der Waals surface area contributed by atoms with E-state index >= 15 is 0 Å². The maximum absolute atomic E-state index is 12.3. The Kier molecular flexibility index (Phi) is 3.89. The Bertz CT molecular complexity index is 711. The third-order valence-electron chi connectivity index (χ3n) is 3.45. The van der Waals surface area contributed by atoms with Crippen LogP contribution in [0.15, 0.2) is 35.1 Å². The molecule has 0 N–H and O–H groups in total. The maximum Gasteiger partial charge on any atom is 0.261 e. The van der Waals surface area contributed by atoms with E-state index < -0.39 is 0 Å². The van der Waals surface area contributed by atoms with Crippen molar-refractivity contribution < 1.29 is 4.79 Å². The van der Waals surface area contributed by atoms with Crippen LogP contribution in [0, 0.1) is 13.8 Å². The van der Waals surface area contributed by atoms with E-state index in [1.165, 1.54) is 5.56 Å². The minimum absolute atomic E-state index is 0.00176. The molecule has 1 heterocycles. The summed E-state index contributed by atoms with van der Waals surface area (Å²) in [5.74, 6) is 0. The first-order valence-corrected chi connectivity index (χ1v) is 6.74. The molecule has 3 heteroatoms. The molecule has 0 bridgehead atoms. The topological polar surface area (TPSA) is 39.1 Å². The van der Waals surface area contributed by atoms with Crippen LogP contribution in [0.3, 0.4) is 0 Å². The summed E-state index contributed by atoms with van der Waals surface area (Å²) in [5, 5.41) is 0. The van der Waals surface area contributed by atoms with Gasteiger partial charge in [-0.25, -0.2) is 0 Å². The van der Waals surface area contributed by atoms with Gasteiger partial charge in [-0.3, -0.25) is 9.59 Å². The molecule has 3 nitrogen and oxygen atoms in total. The van der Waals surface area contributed by atoms with Crippen molar-refractivity contribution in [3.05, 3.63) is 57.4 Å². The summed E-state index contributed by atoms with van der Waals surface area (Å²) in [7, 11) is 0. The number of hydrogen-bond acceptors (Lipinski definition) is 2. The third kappa shape index (κ3) is 2.44. The van der Waals surface area contributed by atoms with E-state index in [4.69, 9.17) is 0 Å². The van der Waals surface area contributed by atoms with Crippen molar-refractivity contribution >= 4 is 6.29 Å². The summed E-state index contributed by atoms with van der Waals surface area (Å²) in [5.41, 5.74) is 4.17. The predicted octanol–water partition coefficient (Wildman–Crippen LogP) is 3.53. The molecule has 0 unspecified atom stereocenters. The van der Waals surface area contributed by atoms with E-state index in [0.717, 1.165) is 16.8 Å². The zero-order valence-corrected chi connectivity index (χ0v) is 12.3. The van der Waals surface area contributed by atoms with Crippen molar-refractivity contribution in [2.24, 2.45) is 0 Å². The van der Waals surface area contributed by atoms with Crippen LogP contribution in [0.2, 0.25) is 0 Å². The van der Waals surface area contributed by atoms with Crippen LogP contribution in [-0.4, -0.2) is 10.9 Å². The van der Waals surface area contributed by atoms with Gasteiger partial charge in [-0.05, 0) is 45.4 Å². The second kappa shape index (κ2) is 5.45. The van der Waals surface area contributed by atoms with Gasteiger partial charge in [-0.2, -0.15) is 0 Å². The molecular formula is C17H19NO2. The lowest BCUT2D eigenvalue weighted by Crippen LogP contribution is -2.26. The first kappa shape index (κ1) is 14.3. The first-order chi connectivity index (χ1) is 9.45. The molecule has 0 fully saturated rings. The zero-order valence-electron chi connectivity index (χ0n) is 12.3. The van der Waals surface area contributed by atoms with Crippen LogP contribution in [0.25, 0.3) is 11.3 Å². The van der Waals surface area contributed by atoms with Crippen molar-refractivity contribution in [1.29, 1.82) is 0 Å². The fraction of sp³-hybridized carbons (Fsp3) is 0.294. The summed E-state index contributed by atoms with van der Waals surface area (Å²) >= 11 is 0. The average Bonchev–Trinajstić information content (AvgIpc) is 2.38. The van der Waals surface area contributed by atoms with Crippen LogP contribution >= 0.6 is 0 Å². The van der Waals surface area contributed by atoms with Crippen LogP contribution < -0.4 is 5.56 Å². The second-order valence-electron chi connectivity index (χ2n) is 5.38. The Balaban J connectivity index is 2.77. The molecule has 2 aromatic rings. The standard InChI is InChI=1S/C17H19NO2/c1-11(2)18-16(8-6-14(10-19)17(18)20)15-7-5-12(3)9-13(15)4/h5-11H,1-4H3. The van der Waals surface area contributed by atoms with Crippen molar-refractivity contribution in [3.8, 4) is 11.3 Å². The summed E-state index contributed by atoms with van der Waals surface area (Å²) in [6, 6.07) is 9.60. The highest BCUT2D eigenvalue weighted by Crippen LogP contribution is 2.25. The highest BCUT2D eigenvalue weighted by molar-refractivity contribution is 5.76. The molecule has 0 saturated carbocycles. The quantitative estimate of drug-likeness (QED) is 0.800. The number of carbonyl (C=O) groups is 1. The number of aldehydes is 1. The molecule has 0 spiro atoms. The number of aromatic nitrogens is 1. The Labute approximate surface area is 118 Å². The maximum atomic E-state index is 12.3. The van der Waals surface area contributed by atoms with Gasteiger partial charge in [-0.15, -0.1) is 0 Å². The molecule has 2 rings (SSSR count). The number of pyridine rings is 1. The fourth-order valence-electron chi connectivity index (χ4n) is 2.49. The normalized spacial score (nSPS) is 10.8. The van der Waals surface area contributed by atoms with Crippen LogP contribution in [0.5, 0.6) is 0 Å². The van der Waals surface area contributed by atoms with Gasteiger partial charge < -0.3 is 4.57 Å². The van der Waals surface area contributed by atoms with Gasteiger partial charge in [0.1, 0.15) is 0 Å². The van der Waals surface area contributed by atoms with Gasteiger partial charge in [0.15, 0.2) is 6.29 Å². The van der Waals surface area contributed by atoms with Crippen LogP contribution in [0.4, 0.5) is 0 Å². The first-order valence-electron chi connectivity index (χ1n) is 6.74. The molecule has 0 aliphatic carbocycles. The minimum Gasteiger partial charge on any atom is -0.305 e. The molecule has 104 valence electrons. The fourth-order valence-corrected chi connectivity index (χ4v) is 2.49. The Morgan fingerprint density at radius 1 is 1.10 bits per heavy atom. The average molecular weight is 269 g/mol. The van der Waals surface area contributed by atoms with Gasteiger partial charge in [-0.1, -0.05) is 23.8 Å². The van der Waals surface area contributed by atoms with E-state index in [2.05, 4.69) is 6.07 Å². The van der Waals surface area contributed by atoms with E-state index in [9.17, 15) is 9.59 Å². The lowest BCUT2D eigenvalue weighted by atomic mass is 10.0. The third-order valence-corrected chi connectivity index (χ3v) is 3.45. The van der Waals surface area contributed by atoms with Crippen molar-refractivity contribution in [1.82, 2.24) is 4.57 Å². The lowest BCUT2D eigenvalue weighted by Gasteiger charge is -2.18. The molecule has 0 radical (unpaired) electrons. The van der Waals surface area contributed by atoms with Crippen molar-refractivity contribution in [2.75, 3.05) is 0 Å². The highest BCUT2D eigenvalue weighted by atomic mass is 16.1. The van der Waals surface area contributed by atoms with Gasteiger partial charge in [0.25, 0.3) is 5.56 Å². The number of nitrogens with zero attached hydrogens (tertiary/aromatic N) is 1. The van der Waals surface area contributed by atoms with E-state index in [1.54, 1.807) is 10.6 Å². The minimum atomic E-state index is -0.229. The molecule has 0 aliphatic heterocycles. The van der Waals surface area contributed by atoms with Crippen LogP contribution in [-0.2, 0) is 0 Å². The Morgan fingerprint density at radius 3 is 2.35 bits per heavy atom. The van der Waals surface area contributed by atoms with Gasteiger partial charge >= 0.3 is 0 Å². The number of hydrogen-bond donors (Lipinski definition) is 0. The Hall–Kier alpha value is -2.16. The molecule has 0 amide bonds. The molecule has 0 saturated heterocycles. The lowest BCUT2D eigenvalue weighted by molar-refractivity contribution is 0.112. The van der Waals surface area contributed by atoms with Gasteiger partial charge in [0, 0.05) is 11.6 Å². The zero-order chi connectivity index (χ0) is 14.9. The summed E-state index contributed by atoms with van der Waals surface area (Å²) in [4.78, 5) is 23.3.